The van der Waals surface area contributed by atoms with Crippen LogP contribution in [-0.4, -0.2) is 20.3 Å². The van der Waals surface area contributed by atoms with Crippen molar-refractivity contribution in [2.24, 2.45) is 0 Å². The fourth-order valence-electron chi connectivity index (χ4n) is 2.51. The number of fused-ring (bicyclic) bond motifs is 1. The summed E-state index contributed by atoms with van der Waals surface area (Å²) in [7, 11) is 0. The van der Waals surface area contributed by atoms with Gasteiger partial charge >= 0.3 is 0 Å². The number of rotatable bonds is 4. The van der Waals surface area contributed by atoms with E-state index in [2.05, 4.69) is 31.2 Å². The van der Waals surface area contributed by atoms with Crippen LogP contribution in [0.15, 0.2) is 64.7 Å². The molecule has 3 aromatic heterocycles. The number of thiazole rings is 1. The smallest absolute Gasteiger partial charge is 0.231 e. The molecule has 0 spiro atoms. The summed E-state index contributed by atoms with van der Waals surface area (Å²) < 4.78 is 2.85. The summed E-state index contributed by atoms with van der Waals surface area (Å²) in [4.78, 5) is 22.0. The van der Waals surface area contributed by atoms with Crippen molar-refractivity contribution in [3.63, 3.8) is 0 Å². The van der Waals surface area contributed by atoms with Crippen molar-refractivity contribution in [1.29, 1.82) is 0 Å². The highest BCUT2D eigenvalue weighted by Gasteiger charge is 2.13. The monoisotopic (exact) mass is 412 g/mol. The van der Waals surface area contributed by atoms with Crippen LogP contribution in [-0.2, 0) is 11.2 Å². The average Bonchev–Trinajstić information content (AvgIpc) is 3.20. The molecule has 0 atom stereocenters. The number of amides is 1. The number of carbonyl (C=O) groups excluding carboxylic acids is 1. The minimum absolute atomic E-state index is 0.107. The largest absolute Gasteiger partial charge is 0.310 e. The van der Waals surface area contributed by atoms with E-state index in [-0.39, 0.29) is 12.3 Å². The van der Waals surface area contributed by atoms with Gasteiger partial charge in [0, 0.05) is 33.5 Å². The molecule has 124 valence electrons. The lowest BCUT2D eigenvalue weighted by molar-refractivity contribution is -0.115. The van der Waals surface area contributed by atoms with Crippen LogP contribution in [0.5, 0.6) is 0 Å². The number of nitrogens with zero attached hydrogens (tertiary/aromatic N) is 3. The topological polar surface area (TPSA) is 59.3 Å². The predicted molar refractivity (Wildman–Crippen MR) is 103 cm³/mol. The molecule has 5 nitrogen and oxygen atoms in total. The normalized spacial score (nSPS) is 10.9. The highest BCUT2D eigenvalue weighted by Crippen LogP contribution is 2.24. The standard InChI is InChI=1S/C18H13BrN4OS/c19-13-6-7-16(20-9-13)22-17(24)8-14-11-25-18-21-15(10-23(14)18)12-4-2-1-3-5-12/h1-7,9-11H,8H2,(H,20,22,24). The number of aromatic nitrogens is 3. The average molecular weight is 413 g/mol. The zero-order valence-corrected chi connectivity index (χ0v) is 15.4. The van der Waals surface area contributed by atoms with Gasteiger partial charge in [-0.25, -0.2) is 9.97 Å². The molecule has 0 unspecified atom stereocenters. The molecule has 1 N–H and O–H groups in total. The van der Waals surface area contributed by atoms with Crippen LogP contribution in [0, 0.1) is 0 Å². The minimum Gasteiger partial charge on any atom is -0.310 e. The molecule has 4 rings (SSSR count). The van der Waals surface area contributed by atoms with E-state index in [4.69, 9.17) is 0 Å². The lowest BCUT2D eigenvalue weighted by Gasteiger charge is -2.04. The zero-order valence-electron chi connectivity index (χ0n) is 13.0. The Labute approximate surface area is 156 Å². The third-order valence-electron chi connectivity index (χ3n) is 3.69. The van der Waals surface area contributed by atoms with Gasteiger partial charge in [0.2, 0.25) is 5.91 Å². The third-order valence-corrected chi connectivity index (χ3v) is 5.05. The fourth-order valence-corrected chi connectivity index (χ4v) is 3.61. The van der Waals surface area contributed by atoms with E-state index < -0.39 is 0 Å². The number of anilines is 1. The molecule has 0 bridgehead atoms. The summed E-state index contributed by atoms with van der Waals surface area (Å²) in [5.74, 6) is 0.430. The number of imidazole rings is 1. The van der Waals surface area contributed by atoms with Crippen molar-refractivity contribution < 1.29 is 4.79 Å². The van der Waals surface area contributed by atoms with Gasteiger partial charge < -0.3 is 5.32 Å². The Morgan fingerprint density at radius 1 is 1.20 bits per heavy atom. The lowest BCUT2D eigenvalue weighted by Crippen LogP contribution is -2.16. The molecule has 1 amide bonds. The Morgan fingerprint density at radius 3 is 2.80 bits per heavy atom. The van der Waals surface area contributed by atoms with E-state index in [9.17, 15) is 4.79 Å². The molecule has 3 heterocycles. The molecule has 0 aliphatic heterocycles. The Balaban J connectivity index is 1.54. The van der Waals surface area contributed by atoms with Gasteiger partial charge in [-0.15, -0.1) is 11.3 Å². The summed E-state index contributed by atoms with van der Waals surface area (Å²) in [6.07, 6.45) is 3.89. The fraction of sp³-hybridized carbons (Fsp3) is 0.0556. The first kappa shape index (κ1) is 16.0. The Bertz CT molecular complexity index is 1020. The predicted octanol–water partition coefficient (Wildman–Crippen LogP) is 4.40. The lowest BCUT2D eigenvalue weighted by atomic mass is 10.2. The zero-order chi connectivity index (χ0) is 17.2. The summed E-state index contributed by atoms with van der Waals surface area (Å²) in [6, 6.07) is 13.6. The molecule has 25 heavy (non-hydrogen) atoms. The van der Waals surface area contributed by atoms with Crippen molar-refractivity contribution in [3.05, 3.63) is 70.4 Å². The minimum atomic E-state index is -0.107. The maximum absolute atomic E-state index is 12.3. The highest BCUT2D eigenvalue weighted by molar-refractivity contribution is 9.10. The van der Waals surface area contributed by atoms with Crippen molar-refractivity contribution in [2.45, 2.75) is 6.42 Å². The molecule has 4 aromatic rings. The Hall–Kier alpha value is -2.51. The molecule has 0 aliphatic rings. The van der Waals surface area contributed by atoms with Crippen molar-refractivity contribution in [1.82, 2.24) is 14.4 Å². The summed E-state index contributed by atoms with van der Waals surface area (Å²) in [6.45, 7) is 0. The van der Waals surface area contributed by atoms with E-state index in [1.807, 2.05) is 52.4 Å². The van der Waals surface area contributed by atoms with E-state index in [1.165, 1.54) is 11.3 Å². The Kier molecular flexibility index (Phi) is 4.33. The number of benzene rings is 1. The summed E-state index contributed by atoms with van der Waals surface area (Å²) >= 11 is 4.85. The molecule has 7 heteroatoms. The van der Waals surface area contributed by atoms with Crippen LogP contribution < -0.4 is 5.32 Å². The highest BCUT2D eigenvalue weighted by atomic mass is 79.9. The molecule has 1 aromatic carbocycles. The van der Waals surface area contributed by atoms with E-state index >= 15 is 0 Å². The van der Waals surface area contributed by atoms with Crippen molar-refractivity contribution >= 4 is 44.0 Å². The van der Waals surface area contributed by atoms with Gasteiger partial charge in [-0.2, -0.15) is 0 Å². The number of carbonyl (C=O) groups is 1. The first-order valence-electron chi connectivity index (χ1n) is 7.61. The van der Waals surface area contributed by atoms with Gasteiger partial charge in [-0.05, 0) is 28.1 Å². The van der Waals surface area contributed by atoms with Crippen LogP contribution in [0.25, 0.3) is 16.2 Å². The van der Waals surface area contributed by atoms with E-state index in [0.717, 1.165) is 26.4 Å². The maximum Gasteiger partial charge on any atom is 0.231 e. The van der Waals surface area contributed by atoms with Gasteiger partial charge in [-0.1, -0.05) is 30.3 Å². The number of halogens is 1. The summed E-state index contributed by atoms with van der Waals surface area (Å²) in [5, 5.41) is 4.77. The quantitative estimate of drug-likeness (QED) is 0.540. The first-order valence-corrected chi connectivity index (χ1v) is 9.28. The van der Waals surface area contributed by atoms with Gasteiger partial charge in [0.25, 0.3) is 0 Å². The second kappa shape index (κ2) is 6.78. The maximum atomic E-state index is 12.3. The second-order valence-electron chi connectivity index (χ2n) is 5.46. The summed E-state index contributed by atoms with van der Waals surface area (Å²) in [5.41, 5.74) is 2.88. The number of hydrogen-bond acceptors (Lipinski definition) is 4. The van der Waals surface area contributed by atoms with Crippen LogP contribution in [0.1, 0.15) is 5.69 Å². The number of pyridine rings is 1. The molecule has 0 saturated carbocycles. The molecule has 0 aliphatic carbocycles. The molecule has 0 radical (unpaired) electrons. The van der Waals surface area contributed by atoms with Gasteiger partial charge in [0.15, 0.2) is 4.96 Å². The van der Waals surface area contributed by atoms with Crippen LogP contribution in [0.3, 0.4) is 0 Å². The van der Waals surface area contributed by atoms with Crippen LogP contribution >= 0.6 is 27.3 Å². The van der Waals surface area contributed by atoms with Crippen LogP contribution in [0.2, 0.25) is 0 Å². The first-order chi connectivity index (χ1) is 12.2. The number of nitrogens with one attached hydrogen (secondary N) is 1. The van der Waals surface area contributed by atoms with Gasteiger partial charge in [0.05, 0.1) is 12.1 Å². The van der Waals surface area contributed by atoms with E-state index in [1.54, 1.807) is 12.3 Å². The van der Waals surface area contributed by atoms with Gasteiger partial charge in [0.1, 0.15) is 5.82 Å². The molecular formula is C18H13BrN4OS. The molecule has 0 saturated heterocycles. The molecule has 0 fully saturated rings. The second-order valence-corrected chi connectivity index (χ2v) is 7.21. The van der Waals surface area contributed by atoms with E-state index in [0.29, 0.717) is 5.82 Å². The number of hydrogen-bond donors (Lipinski definition) is 1. The van der Waals surface area contributed by atoms with Crippen molar-refractivity contribution in [3.8, 4) is 11.3 Å². The van der Waals surface area contributed by atoms with Gasteiger partial charge in [-0.3, -0.25) is 9.20 Å². The third kappa shape index (κ3) is 3.47. The van der Waals surface area contributed by atoms with Crippen molar-refractivity contribution in [2.75, 3.05) is 5.32 Å². The molecular weight excluding hydrogens is 400 g/mol. The Morgan fingerprint density at radius 2 is 2.04 bits per heavy atom. The van der Waals surface area contributed by atoms with Crippen LogP contribution in [0.4, 0.5) is 5.82 Å². The SMILES string of the molecule is O=C(Cc1csc2nc(-c3ccccc3)cn12)Nc1ccc(Br)cn1.